The van der Waals surface area contributed by atoms with Gasteiger partial charge in [-0.25, -0.2) is 13.4 Å². The molecule has 0 aliphatic carbocycles. The van der Waals surface area contributed by atoms with Crippen LogP contribution in [0.3, 0.4) is 0 Å². The van der Waals surface area contributed by atoms with E-state index in [-0.39, 0.29) is 4.90 Å². The monoisotopic (exact) mass is 368 g/mol. The van der Waals surface area contributed by atoms with Crippen LogP contribution in [0.4, 0.5) is 0 Å². The largest absolute Gasteiger partial charge is 0.334 e. The second-order valence-electron chi connectivity index (χ2n) is 5.87. The first-order chi connectivity index (χ1) is 11.5. The summed E-state index contributed by atoms with van der Waals surface area (Å²) in [5.74, 6) is 0.997. The Kier molecular flexibility index (Phi) is 5.24. The number of rotatable bonds is 5. The highest BCUT2D eigenvalue weighted by molar-refractivity contribution is 7.89. The lowest BCUT2D eigenvalue weighted by Gasteiger charge is -2.34. The molecule has 1 aromatic heterocycles. The van der Waals surface area contributed by atoms with Gasteiger partial charge in [-0.05, 0) is 25.1 Å². The van der Waals surface area contributed by atoms with Crippen molar-refractivity contribution in [1.82, 2.24) is 18.8 Å². The quantitative estimate of drug-likeness (QED) is 0.808. The summed E-state index contributed by atoms with van der Waals surface area (Å²) in [5.41, 5.74) is 0. The van der Waals surface area contributed by atoms with Crippen molar-refractivity contribution in [2.45, 2.75) is 18.4 Å². The summed E-state index contributed by atoms with van der Waals surface area (Å²) in [7, 11) is -3.47. The molecule has 1 aliphatic rings. The summed E-state index contributed by atoms with van der Waals surface area (Å²) < 4.78 is 29.0. The van der Waals surface area contributed by atoms with Crippen molar-refractivity contribution in [1.29, 1.82) is 0 Å². The molecular weight excluding hydrogens is 348 g/mol. The van der Waals surface area contributed by atoms with Crippen molar-refractivity contribution in [2.75, 3.05) is 32.7 Å². The number of aryl methyl sites for hydroxylation is 1. The Morgan fingerprint density at radius 2 is 1.92 bits per heavy atom. The molecule has 0 atom stereocenters. The summed E-state index contributed by atoms with van der Waals surface area (Å²) in [6.07, 6.45) is 3.76. The molecule has 6 nitrogen and oxygen atoms in total. The molecule has 2 aromatic rings. The third-order valence-electron chi connectivity index (χ3n) is 4.35. The van der Waals surface area contributed by atoms with E-state index in [2.05, 4.69) is 14.5 Å². The van der Waals surface area contributed by atoms with Gasteiger partial charge in [0.1, 0.15) is 5.82 Å². The molecule has 1 fully saturated rings. The third-order valence-corrected chi connectivity index (χ3v) is 6.48. The number of sulfonamides is 1. The Balaban J connectivity index is 1.57. The minimum atomic E-state index is -3.47. The van der Waals surface area contributed by atoms with E-state index in [0.717, 1.165) is 32.0 Å². The Morgan fingerprint density at radius 3 is 2.54 bits per heavy atom. The highest BCUT2D eigenvalue weighted by Gasteiger charge is 2.28. The van der Waals surface area contributed by atoms with Gasteiger partial charge in [-0.3, -0.25) is 4.90 Å². The van der Waals surface area contributed by atoms with Gasteiger partial charge in [0.2, 0.25) is 10.0 Å². The molecule has 0 saturated carbocycles. The lowest BCUT2D eigenvalue weighted by atomic mass is 10.3. The molecule has 24 heavy (non-hydrogen) atoms. The summed E-state index contributed by atoms with van der Waals surface area (Å²) >= 11 is 5.92. The molecule has 1 aromatic carbocycles. The highest BCUT2D eigenvalue weighted by atomic mass is 35.5. The molecule has 0 unspecified atom stereocenters. The lowest BCUT2D eigenvalue weighted by molar-refractivity contribution is 0.182. The first kappa shape index (κ1) is 17.4. The summed E-state index contributed by atoms with van der Waals surface area (Å²) in [5, 5.41) is 0.436. The highest BCUT2D eigenvalue weighted by Crippen LogP contribution is 2.20. The van der Waals surface area contributed by atoms with Crippen LogP contribution in [0.25, 0.3) is 0 Å². The van der Waals surface area contributed by atoms with E-state index in [1.807, 2.05) is 13.1 Å². The van der Waals surface area contributed by atoms with Gasteiger partial charge in [-0.2, -0.15) is 4.31 Å². The van der Waals surface area contributed by atoms with Gasteiger partial charge in [0.15, 0.2) is 0 Å². The van der Waals surface area contributed by atoms with Crippen LogP contribution in [0.5, 0.6) is 0 Å². The van der Waals surface area contributed by atoms with E-state index in [1.54, 1.807) is 24.4 Å². The van der Waals surface area contributed by atoms with E-state index in [0.29, 0.717) is 18.1 Å². The average Bonchev–Trinajstić information content (AvgIpc) is 2.98. The zero-order valence-corrected chi connectivity index (χ0v) is 15.2. The SMILES string of the molecule is Cc1nccn1CCN1CCN(S(=O)(=O)c2cccc(Cl)c2)CC1. The minimum Gasteiger partial charge on any atom is -0.334 e. The lowest BCUT2D eigenvalue weighted by Crippen LogP contribution is -2.49. The molecule has 0 spiro atoms. The van der Waals surface area contributed by atoms with Crippen molar-refractivity contribution in [3.63, 3.8) is 0 Å². The Morgan fingerprint density at radius 1 is 1.17 bits per heavy atom. The molecule has 0 N–H and O–H groups in total. The van der Waals surface area contributed by atoms with E-state index >= 15 is 0 Å². The van der Waals surface area contributed by atoms with Crippen LogP contribution >= 0.6 is 11.6 Å². The topological polar surface area (TPSA) is 58.4 Å². The number of imidazole rings is 1. The van der Waals surface area contributed by atoms with Crippen LogP contribution in [0.1, 0.15) is 5.82 Å². The molecule has 8 heteroatoms. The van der Waals surface area contributed by atoms with Crippen LogP contribution in [-0.2, 0) is 16.6 Å². The fourth-order valence-electron chi connectivity index (χ4n) is 2.86. The third kappa shape index (κ3) is 3.80. The number of aromatic nitrogens is 2. The van der Waals surface area contributed by atoms with E-state index < -0.39 is 10.0 Å². The van der Waals surface area contributed by atoms with E-state index in [4.69, 9.17) is 11.6 Å². The molecule has 3 rings (SSSR count). The van der Waals surface area contributed by atoms with Crippen LogP contribution in [-0.4, -0.2) is 59.9 Å². The maximum atomic E-state index is 12.7. The van der Waals surface area contributed by atoms with Crippen molar-refractivity contribution < 1.29 is 8.42 Å². The van der Waals surface area contributed by atoms with E-state index in [9.17, 15) is 8.42 Å². The van der Waals surface area contributed by atoms with Crippen LogP contribution in [0.15, 0.2) is 41.6 Å². The molecule has 0 radical (unpaired) electrons. The molecule has 2 heterocycles. The first-order valence-electron chi connectivity index (χ1n) is 7.92. The predicted molar refractivity (Wildman–Crippen MR) is 93.6 cm³/mol. The Bertz CT molecular complexity index is 798. The minimum absolute atomic E-state index is 0.262. The fraction of sp³-hybridized carbons (Fsp3) is 0.438. The molecule has 1 saturated heterocycles. The second kappa shape index (κ2) is 7.23. The first-order valence-corrected chi connectivity index (χ1v) is 9.74. The fourth-order valence-corrected chi connectivity index (χ4v) is 4.58. The van der Waals surface area contributed by atoms with Crippen LogP contribution in [0, 0.1) is 6.92 Å². The average molecular weight is 369 g/mol. The number of benzene rings is 1. The summed E-state index contributed by atoms with van der Waals surface area (Å²) in [4.78, 5) is 6.75. The van der Waals surface area contributed by atoms with Crippen molar-refractivity contribution in [2.24, 2.45) is 0 Å². The summed E-state index contributed by atoms with van der Waals surface area (Å²) in [6, 6.07) is 6.44. The maximum absolute atomic E-state index is 12.7. The van der Waals surface area contributed by atoms with Crippen molar-refractivity contribution in [3.8, 4) is 0 Å². The standard InChI is InChI=1S/C16H21ClN4O2S/c1-14-18-5-6-20(14)10-7-19-8-11-21(12-9-19)24(22,23)16-4-2-3-15(17)13-16/h2-6,13H,7-12H2,1H3. The maximum Gasteiger partial charge on any atom is 0.243 e. The molecule has 0 bridgehead atoms. The van der Waals surface area contributed by atoms with Gasteiger partial charge >= 0.3 is 0 Å². The van der Waals surface area contributed by atoms with Gasteiger partial charge in [-0.1, -0.05) is 17.7 Å². The molecule has 1 aliphatic heterocycles. The Hall–Kier alpha value is -1.41. The van der Waals surface area contributed by atoms with Gasteiger partial charge < -0.3 is 4.57 Å². The van der Waals surface area contributed by atoms with Gasteiger partial charge in [0.25, 0.3) is 0 Å². The molecule has 0 amide bonds. The Labute approximate surface area is 147 Å². The number of hydrogen-bond donors (Lipinski definition) is 0. The zero-order chi connectivity index (χ0) is 17.2. The van der Waals surface area contributed by atoms with Crippen molar-refractivity contribution in [3.05, 3.63) is 47.5 Å². The zero-order valence-electron chi connectivity index (χ0n) is 13.6. The second-order valence-corrected chi connectivity index (χ2v) is 8.25. The predicted octanol–water partition coefficient (Wildman–Crippen LogP) is 1.85. The summed E-state index contributed by atoms with van der Waals surface area (Å²) in [6.45, 7) is 6.20. The number of halogens is 1. The molecule has 130 valence electrons. The normalized spacial score (nSPS) is 17.2. The van der Waals surface area contributed by atoms with Crippen LogP contribution < -0.4 is 0 Å². The molecular formula is C16H21ClN4O2S. The van der Waals surface area contributed by atoms with Gasteiger partial charge in [0, 0.05) is 56.7 Å². The van der Waals surface area contributed by atoms with Crippen molar-refractivity contribution >= 4 is 21.6 Å². The number of piperazine rings is 1. The van der Waals surface area contributed by atoms with Gasteiger partial charge in [-0.15, -0.1) is 0 Å². The number of hydrogen-bond acceptors (Lipinski definition) is 4. The number of nitrogens with zero attached hydrogens (tertiary/aromatic N) is 4. The van der Waals surface area contributed by atoms with Crippen LogP contribution in [0.2, 0.25) is 5.02 Å². The smallest absolute Gasteiger partial charge is 0.243 e. The van der Waals surface area contributed by atoms with E-state index in [1.165, 1.54) is 10.4 Å². The van der Waals surface area contributed by atoms with Gasteiger partial charge in [0.05, 0.1) is 4.90 Å².